The average molecular weight is 281 g/mol. The van der Waals surface area contributed by atoms with E-state index in [1.54, 1.807) is 0 Å². The van der Waals surface area contributed by atoms with E-state index < -0.39 is 18.6 Å². The summed E-state index contributed by atoms with van der Waals surface area (Å²) in [4.78, 5) is 13.3. The lowest BCUT2D eigenvalue weighted by Gasteiger charge is -2.31. The Morgan fingerprint density at radius 2 is 1.95 bits per heavy atom. The summed E-state index contributed by atoms with van der Waals surface area (Å²) in [5, 5.41) is 5.19. The molecule has 19 heavy (non-hydrogen) atoms. The molecule has 1 fully saturated rings. The fourth-order valence-corrected chi connectivity index (χ4v) is 2.15. The molecule has 2 N–H and O–H groups in total. The molecule has 1 saturated heterocycles. The monoisotopic (exact) mass is 281 g/mol. The topological polar surface area (TPSA) is 44.4 Å². The molecule has 0 bridgehead atoms. The van der Waals surface area contributed by atoms with Gasteiger partial charge < -0.3 is 10.6 Å². The van der Waals surface area contributed by atoms with Crippen molar-refractivity contribution in [1.29, 1.82) is 0 Å². The Bertz CT molecular complexity index is 276. The minimum absolute atomic E-state index is 0.0595. The summed E-state index contributed by atoms with van der Waals surface area (Å²) in [6.07, 6.45) is -2.37. The second-order valence-corrected chi connectivity index (χ2v) is 4.92. The predicted molar refractivity (Wildman–Crippen MR) is 66.8 cm³/mol. The van der Waals surface area contributed by atoms with Gasteiger partial charge in [-0.3, -0.25) is 9.69 Å². The van der Waals surface area contributed by atoms with Crippen LogP contribution < -0.4 is 10.6 Å². The molecule has 0 aromatic rings. The van der Waals surface area contributed by atoms with Crippen molar-refractivity contribution in [3.63, 3.8) is 0 Å². The van der Waals surface area contributed by atoms with Gasteiger partial charge in [0.2, 0.25) is 5.91 Å². The molecule has 0 aliphatic carbocycles. The predicted octanol–water partition coefficient (Wildman–Crippen LogP) is 0.986. The summed E-state index contributed by atoms with van der Waals surface area (Å²) >= 11 is 0. The number of hydrogen-bond acceptors (Lipinski definition) is 3. The molecular formula is C12H22F3N3O. The van der Waals surface area contributed by atoms with Crippen molar-refractivity contribution in [3.05, 3.63) is 0 Å². The van der Waals surface area contributed by atoms with Crippen LogP contribution in [0.15, 0.2) is 0 Å². The molecule has 1 rings (SSSR count). The van der Waals surface area contributed by atoms with Crippen LogP contribution in [0.2, 0.25) is 0 Å². The van der Waals surface area contributed by atoms with Gasteiger partial charge in [0, 0.05) is 0 Å². The highest BCUT2D eigenvalue weighted by Crippen LogP contribution is 2.16. The summed E-state index contributed by atoms with van der Waals surface area (Å²) in [5.74, 6) is 0.0527. The molecule has 0 aromatic carbocycles. The third-order valence-electron chi connectivity index (χ3n) is 3.24. The number of nitrogens with one attached hydrogen (secondary N) is 2. The van der Waals surface area contributed by atoms with Gasteiger partial charge in [-0.25, -0.2) is 0 Å². The van der Waals surface area contributed by atoms with Crippen molar-refractivity contribution in [1.82, 2.24) is 15.5 Å². The van der Waals surface area contributed by atoms with E-state index in [1.807, 2.05) is 10.2 Å². The van der Waals surface area contributed by atoms with Crippen LogP contribution in [0, 0.1) is 5.92 Å². The van der Waals surface area contributed by atoms with Crippen LogP contribution in [0.1, 0.15) is 19.8 Å². The lowest BCUT2D eigenvalue weighted by Crippen LogP contribution is -2.44. The van der Waals surface area contributed by atoms with E-state index in [2.05, 4.69) is 12.2 Å². The zero-order chi connectivity index (χ0) is 14.3. The summed E-state index contributed by atoms with van der Waals surface area (Å²) in [7, 11) is 0. The highest BCUT2D eigenvalue weighted by Gasteiger charge is 2.28. The Balaban J connectivity index is 2.16. The Labute approximate surface area is 111 Å². The normalized spacial score (nSPS) is 18.5. The van der Waals surface area contributed by atoms with Gasteiger partial charge in [-0.05, 0) is 44.9 Å². The third-order valence-corrected chi connectivity index (χ3v) is 3.24. The summed E-state index contributed by atoms with van der Waals surface area (Å²) in [5.41, 5.74) is 0. The quantitative estimate of drug-likeness (QED) is 0.763. The van der Waals surface area contributed by atoms with Crippen molar-refractivity contribution in [2.24, 2.45) is 5.92 Å². The molecule has 0 aromatic heterocycles. The first-order valence-corrected chi connectivity index (χ1v) is 6.67. The molecule has 7 heteroatoms. The van der Waals surface area contributed by atoms with Gasteiger partial charge in [0.1, 0.15) is 6.54 Å². The fraction of sp³-hybridized carbons (Fsp3) is 0.917. The van der Waals surface area contributed by atoms with Gasteiger partial charge in [0.05, 0.1) is 6.54 Å². The number of halogens is 3. The van der Waals surface area contributed by atoms with E-state index in [-0.39, 0.29) is 6.54 Å². The fourth-order valence-electron chi connectivity index (χ4n) is 2.15. The number of nitrogens with zero attached hydrogens (tertiary/aromatic N) is 1. The van der Waals surface area contributed by atoms with Crippen LogP contribution >= 0.6 is 0 Å². The summed E-state index contributed by atoms with van der Waals surface area (Å²) in [6.45, 7) is 4.34. The molecule has 1 amide bonds. The third kappa shape index (κ3) is 7.37. The lowest BCUT2D eigenvalue weighted by molar-refractivity contribution is -0.139. The largest absolute Gasteiger partial charge is 0.405 e. The SMILES string of the molecule is CCNCC1CCN(CC(=O)NCC(F)(F)F)CC1. The first-order chi connectivity index (χ1) is 8.90. The number of alkyl halides is 3. The maximum Gasteiger partial charge on any atom is 0.405 e. The van der Waals surface area contributed by atoms with E-state index in [4.69, 9.17) is 0 Å². The van der Waals surface area contributed by atoms with Gasteiger partial charge in [-0.15, -0.1) is 0 Å². The summed E-state index contributed by atoms with van der Waals surface area (Å²) < 4.78 is 35.8. The molecule has 0 radical (unpaired) electrons. The van der Waals surface area contributed by atoms with Crippen LogP contribution in [0.5, 0.6) is 0 Å². The molecule has 0 spiro atoms. The van der Waals surface area contributed by atoms with Gasteiger partial charge in [-0.2, -0.15) is 13.2 Å². The van der Waals surface area contributed by atoms with E-state index in [0.717, 1.165) is 39.0 Å². The Kier molecular flexibility index (Phi) is 6.57. The number of likely N-dealkylation sites (tertiary alicyclic amines) is 1. The maximum atomic E-state index is 11.9. The minimum atomic E-state index is -4.34. The number of piperidine rings is 1. The standard InChI is InChI=1S/C12H22F3N3O/c1-2-16-7-10-3-5-18(6-4-10)8-11(19)17-9-12(13,14)15/h10,16H,2-9H2,1H3,(H,17,19). The van der Waals surface area contributed by atoms with Crippen molar-refractivity contribution in [2.45, 2.75) is 25.9 Å². The highest BCUT2D eigenvalue weighted by atomic mass is 19.4. The summed E-state index contributed by atoms with van der Waals surface area (Å²) in [6, 6.07) is 0. The molecule has 4 nitrogen and oxygen atoms in total. The molecule has 1 aliphatic heterocycles. The molecule has 1 heterocycles. The van der Waals surface area contributed by atoms with Crippen LogP contribution in [0.25, 0.3) is 0 Å². The van der Waals surface area contributed by atoms with Crippen molar-refractivity contribution in [2.75, 3.05) is 39.3 Å². The molecule has 112 valence electrons. The van der Waals surface area contributed by atoms with Gasteiger partial charge in [-0.1, -0.05) is 6.92 Å². The van der Waals surface area contributed by atoms with E-state index in [9.17, 15) is 18.0 Å². The first kappa shape index (κ1) is 16.2. The van der Waals surface area contributed by atoms with Gasteiger partial charge >= 0.3 is 6.18 Å². The van der Waals surface area contributed by atoms with E-state index in [1.165, 1.54) is 0 Å². The van der Waals surface area contributed by atoms with Gasteiger partial charge in [0.25, 0.3) is 0 Å². The first-order valence-electron chi connectivity index (χ1n) is 6.67. The smallest absolute Gasteiger partial charge is 0.346 e. The molecule has 0 saturated carbocycles. The highest BCUT2D eigenvalue weighted by molar-refractivity contribution is 5.78. The molecule has 1 aliphatic rings. The molecular weight excluding hydrogens is 259 g/mol. The number of amides is 1. The van der Waals surface area contributed by atoms with Crippen molar-refractivity contribution < 1.29 is 18.0 Å². The Morgan fingerprint density at radius 3 is 2.47 bits per heavy atom. The lowest BCUT2D eigenvalue weighted by atomic mass is 9.97. The van der Waals surface area contributed by atoms with Crippen LogP contribution in [0.4, 0.5) is 13.2 Å². The van der Waals surface area contributed by atoms with Crippen LogP contribution in [0.3, 0.4) is 0 Å². The number of rotatable bonds is 6. The minimum Gasteiger partial charge on any atom is -0.346 e. The molecule has 0 atom stereocenters. The Morgan fingerprint density at radius 1 is 1.32 bits per heavy atom. The molecule has 0 unspecified atom stereocenters. The van der Waals surface area contributed by atoms with E-state index >= 15 is 0 Å². The average Bonchev–Trinajstić information content (AvgIpc) is 2.35. The number of hydrogen-bond donors (Lipinski definition) is 2. The maximum absolute atomic E-state index is 11.9. The number of carbonyl (C=O) groups excluding carboxylic acids is 1. The van der Waals surface area contributed by atoms with E-state index in [0.29, 0.717) is 5.92 Å². The second-order valence-electron chi connectivity index (χ2n) is 4.92. The van der Waals surface area contributed by atoms with Gasteiger partial charge in [0.15, 0.2) is 0 Å². The van der Waals surface area contributed by atoms with Crippen LogP contribution in [-0.2, 0) is 4.79 Å². The van der Waals surface area contributed by atoms with Crippen molar-refractivity contribution >= 4 is 5.91 Å². The number of carbonyl (C=O) groups is 1. The van der Waals surface area contributed by atoms with Crippen molar-refractivity contribution in [3.8, 4) is 0 Å². The zero-order valence-electron chi connectivity index (χ0n) is 11.2. The van der Waals surface area contributed by atoms with Crippen LogP contribution in [-0.4, -0.2) is 56.3 Å². The zero-order valence-corrected chi connectivity index (χ0v) is 11.2. The Hall–Kier alpha value is -0.820. The second kappa shape index (κ2) is 7.69.